The van der Waals surface area contributed by atoms with Gasteiger partial charge >= 0.3 is 0 Å². The maximum atomic E-state index is 12.0. The molecule has 8 heteroatoms. The van der Waals surface area contributed by atoms with Crippen molar-refractivity contribution in [3.63, 3.8) is 0 Å². The third-order valence-corrected chi connectivity index (χ3v) is 3.32. The van der Waals surface area contributed by atoms with Gasteiger partial charge in [0.05, 0.1) is 0 Å². The number of oxazole rings is 1. The van der Waals surface area contributed by atoms with E-state index < -0.39 is 5.91 Å². The number of anilines is 2. The number of amides is 1. The third kappa shape index (κ3) is 2.10. The number of benzene rings is 1. The summed E-state index contributed by atoms with van der Waals surface area (Å²) in [6.07, 6.45) is 2.24. The molecule has 0 atom stereocenters. The lowest BCUT2D eigenvalue weighted by Crippen LogP contribution is -2.14. The van der Waals surface area contributed by atoms with Crippen LogP contribution in [-0.2, 0) is 0 Å². The lowest BCUT2D eigenvalue weighted by molar-refractivity contribution is 0.101. The zero-order valence-electron chi connectivity index (χ0n) is 10.9. The molecule has 21 heavy (non-hydrogen) atoms. The molecule has 1 amide bonds. The quantitative estimate of drug-likeness (QED) is 0.754. The molecule has 2 aromatic heterocycles. The van der Waals surface area contributed by atoms with Crippen LogP contribution < -0.4 is 11.1 Å². The normalized spacial score (nSPS) is 14.5. The molecule has 3 aromatic rings. The third-order valence-electron chi connectivity index (χ3n) is 3.32. The monoisotopic (exact) mass is 285 g/mol. The van der Waals surface area contributed by atoms with Gasteiger partial charge in [0.2, 0.25) is 11.5 Å². The Balaban J connectivity index is 1.61. The van der Waals surface area contributed by atoms with Crippen LogP contribution in [-0.4, -0.2) is 21.2 Å². The number of aromatic nitrogens is 3. The highest BCUT2D eigenvalue weighted by Crippen LogP contribution is 2.40. The van der Waals surface area contributed by atoms with E-state index in [0.717, 1.165) is 18.7 Å². The number of nitrogens with two attached hydrogens (primary N) is 1. The predicted octanol–water partition coefficient (Wildman–Crippen LogP) is 1.92. The minimum Gasteiger partial charge on any atom is -0.440 e. The molecular formula is C13H11N5O3. The molecule has 0 aliphatic heterocycles. The number of fused-ring (bicyclic) bond motifs is 1. The van der Waals surface area contributed by atoms with E-state index in [1.54, 1.807) is 18.2 Å². The minimum atomic E-state index is -0.487. The number of nitrogens with one attached hydrogen (secondary N) is 1. The van der Waals surface area contributed by atoms with Crippen molar-refractivity contribution in [2.24, 2.45) is 0 Å². The summed E-state index contributed by atoms with van der Waals surface area (Å²) in [5.74, 6) is 0.667. The van der Waals surface area contributed by atoms with E-state index in [2.05, 4.69) is 25.2 Å². The summed E-state index contributed by atoms with van der Waals surface area (Å²) in [4.78, 5) is 16.4. The van der Waals surface area contributed by atoms with Gasteiger partial charge in [-0.3, -0.25) is 4.79 Å². The van der Waals surface area contributed by atoms with Crippen LogP contribution in [0.5, 0.6) is 0 Å². The molecule has 8 nitrogen and oxygen atoms in total. The van der Waals surface area contributed by atoms with Crippen molar-refractivity contribution in [3.8, 4) is 0 Å². The number of carbonyl (C=O) groups excluding carboxylic acids is 1. The molecule has 1 saturated carbocycles. The van der Waals surface area contributed by atoms with E-state index in [4.69, 9.17) is 10.2 Å². The zero-order chi connectivity index (χ0) is 14.4. The van der Waals surface area contributed by atoms with Crippen LogP contribution >= 0.6 is 0 Å². The number of hydrogen-bond acceptors (Lipinski definition) is 7. The first-order valence-electron chi connectivity index (χ1n) is 6.50. The van der Waals surface area contributed by atoms with Gasteiger partial charge in [-0.05, 0) is 41.4 Å². The Morgan fingerprint density at radius 1 is 1.33 bits per heavy atom. The number of nitrogen functional groups attached to an aromatic ring is 1. The summed E-state index contributed by atoms with van der Waals surface area (Å²) < 4.78 is 10.1. The van der Waals surface area contributed by atoms with Gasteiger partial charge in [0.1, 0.15) is 5.52 Å². The highest BCUT2D eigenvalue weighted by atomic mass is 16.6. The molecule has 0 bridgehead atoms. The van der Waals surface area contributed by atoms with Gasteiger partial charge in [0.15, 0.2) is 11.5 Å². The highest BCUT2D eigenvalue weighted by Gasteiger charge is 2.29. The summed E-state index contributed by atoms with van der Waals surface area (Å²) in [7, 11) is 0. The molecule has 0 spiro atoms. The van der Waals surface area contributed by atoms with Gasteiger partial charge in [-0.25, -0.2) is 9.61 Å². The van der Waals surface area contributed by atoms with E-state index in [9.17, 15) is 4.79 Å². The average molecular weight is 285 g/mol. The van der Waals surface area contributed by atoms with Crippen molar-refractivity contribution < 1.29 is 13.8 Å². The summed E-state index contributed by atoms with van der Waals surface area (Å²) >= 11 is 0. The van der Waals surface area contributed by atoms with Gasteiger partial charge in [0, 0.05) is 11.6 Å². The van der Waals surface area contributed by atoms with Gasteiger partial charge in [0.25, 0.3) is 5.91 Å². The van der Waals surface area contributed by atoms with Gasteiger partial charge in [-0.2, -0.15) is 0 Å². The minimum absolute atomic E-state index is 0.0473. The molecule has 0 saturated heterocycles. The molecule has 0 radical (unpaired) electrons. The van der Waals surface area contributed by atoms with Crippen LogP contribution in [0.4, 0.5) is 11.5 Å². The second-order valence-electron chi connectivity index (χ2n) is 4.96. The van der Waals surface area contributed by atoms with Crippen molar-refractivity contribution in [1.29, 1.82) is 0 Å². The number of nitrogens with zero attached hydrogens (tertiary/aromatic N) is 3. The maximum absolute atomic E-state index is 12.0. The molecule has 1 fully saturated rings. The van der Waals surface area contributed by atoms with Crippen molar-refractivity contribution in [2.45, 2.75) is 18.8 Å². The standard InChI is InChI=1S/C13H11N5O3/c14-11-10(17-21-18-11)12(19)15-7-3-4-9-8(5-7)16-13(20-9)6-1-2-6/h3-6H,1-2H2,(H2,14,18)(H,15,19). The number of hydrogen-bond donors (Lipinski definition) is 2. The first-order valence-corrected chi connectivity index (χ1v) is 6.50. The van der Waals surface area contributed by atoms with Crippen molar-refractivity contribution in [2.75, 3.05) is 11.1 Å². The maximum Gasteiger partial charge on any atom is 0.281 e. The van der Waals surface area contributed by atoms with Crippen molar-refractivity contribution in [1.82, 2.24) is 15.3 Å². The fraction of sp³-hybridized carbons (Fsp3) is 0.231. The number of carbonyl (C=O) groups is 1. The van der Waals surface area contributed by atoms with Gasteiger partial charge in [-0.1, -0.05) is 0 Å². The van der Waals surface area contributed by atoms with Gasteiger partial charge in [-0.15, -0.1) is 0 Å². The molecular weight excluding hydrogens is 274 g/mol. The van der Waals surface area contributed by atoms with E-state index in [1.807, 2.05) is 0 Å². The smallest absolute Gasteiger partial charge is 0.281 e. The summed E-state index contributed by atoms with van der Waals surface area (Å²) in [5, 5.41) is 9.48. The Labute approximate surface area is 118 Å². The SMILES string of the molecule is Nc1nonc1C(=O)Nc1ccc2oc(C3CC3)nc2c1. The largest absolute Gasteiger partial charge is 0.440 e. The van der Waals surface area contributed by atoms with Gasteiger partial charge < -0.3 is 15.5 Å². The second-order valence-corrected chi connectivity index (χ2v) is 4.96. The van der Waals surface area contributed by atoms with E-state index in [1.165, 1.54) is 0 Å². The first kappa shape index (κ1) is 11.9. The molecule has 106 valence electrons. The van der Waals surface area contributed by atoms with Crippen LogP contribution in [0.15, 0.2) is 27.2 Å². The average Bonchev–Trinajstić information content (AvgIpc) is 3.09. The fourth-order valence-corrected chi connectivity index (χ4v) is 2.07. The van der Waals surface area contributed by atoms with Crippen LogP contribution in [0.2, 0.25) is 0 Å². The molecule has 1 aliphatic rings. The molecule has 2 heterocycles. The zero-order valence-corrected chi connectivity index (χ0v) is 10.9. The van der Waals surface area contributed by atoms with E-state index >= 15 is 0 Å². The van der Waals surface area contributed by atoms with Crippen LogP contribution in [0, 0.1) is 0 Å². The Morgan fingerprint density at radius 2 is 2.19 bits per heavy atom. The highest BCUT2D eigenvalue weighted by molar-refractivity contribution is 6.06. The van der Waals surface area contributed by atoms with Crippen molar-refractivity contribution >= 4 is 28.5 Å². The van der Waals surface area contributed by atoms with Crippen molar-refractivity contribution in [3.05, 3.63) is 29.8 Å². The lowest BCUT2D eigenvalue weighted by atomic mass is 10.2. The van der Waals surface area contributed by atoms with Crippen LogP contribution in [0.1, 0.15) is 35.1 Å². The summed E-state index contributed by atoms with van der Waals surface area (Å²) in [6.45, 7) is 0. The van der Waals surface area contributed by atoms with E-state index in [-0.39, 0.29) is 11.5 Å². The topological polar surface area (TPSA) is 120 Å². The molecule has 4 rings (SSSR count). The fourth-order valence-electron chi connectivity index (χ4n) is 2.07. The summed E-state index contributed by atoms with van der Waals surface area (Å²) in [6, 6.07) is 5.24. The number of rotatable bonds is 3. The van der Waals surface area contributed by atoms with Crippen LogP contribution in [0.25, 0.3) is 11.1 Å². The summed E-state index contributed by atoms with van der Waals surface area (Å²) in [5.41, 5.74) is 7.42. The molecule has 1 aromatic carbocycles. The molecule has 3 N–H and O–H groups in total. The Kier molecular flexibility index (Phi) is 2.44. The molecule has 0 unspecified atom stereocenters. The van der Waals surface area contributed by atoms with E-state index in [0.29, 0.717) is 22.7 Å². The second kappa shape index (κ2) is 4.30. The van der Waals surface area contributed by atoms with Crippen LogP contribution in [0.3, 0.4) is 0 Å². The first-order chi connectivity index (χ1) is 10.2. The Morgan fingerprint density at radius 3 is 2.90 bits per heavy atom. The predicted molar refractivity (Wildman–Crippen MR) is 72.6 cm³/mol. The Bertz CT molecular complexity index is 833. The lowest BCUT2D eigenvalue weighted by Gasteiger charge is -2.01. The Hall–Kier alpha value is -2.90. The molecule has 1 aliphatic carbocycles.